The molecule has 4 rings (SSSR count). The van der Waals surface area contributed by atoms with Crippen molar-refractivity contribution in [1.82, 2.24) is 52.3 Å². The Morgan fingerprint density at radius 2 is 1.07 bits per heavy atom. The Morgan fingerprint density at radius 1 is 0.567 bits per heavy atom. The van der Waals surface area contributed by atoms with Gasteiger partial charge in [0.05, 0.1) is 19.7 Å². The highest BCUT2D eigenvalue weighted by atomic mass is 32.2. The quantitative estimate of drug-likeness (QED) is 0.0173. The second-order valence-corrected chi connectivity index (χ2v) is 25.5. The second-order valence-electron chi connectivity index (χ2n) is 24.5. The van der Waals surface area contributed by atoms with E-state index in [0.717, 1.165) is 0 Å². The molecule has 0 aromatic heterocycles. The zero-order valence-electron chi connectivity index (χ0n) is 55.8. The van der Waals surface area contributed by atoms with Gasteiger partial charge in [-0.15, -0.1) is 0 Å². The highest BCUT2D eigenvalue weighted by Crippen LogP contribution is 2.24. The highest BCUT2D eigenvalue weighted by molar-refractivity contribution is 7.98. The number of benzene rings is 2. The molecule has 33 heteroatoms. The summed E-state index contributed by atoms with van der Waals surface area (Å²) in [5.74, 6) is -9.49. The van der Waals surface area contributed by atoms with E-state index in [9.17, 15) is 62.3 Å². The van der Waals surface area contributed by atoms with E-state index < -0.39 is 169 Å². The Labute approximate surface area is 569 Å². The van der Waals surface area contributed by atoms with Crippen molar-refractivity contribution in [2.24, 2.45) is 51.0 Å². The first kappa shape index (κ1) is 80.3. The third-order valence-corrected chi connectivity index (χ3v) is 17.0. The molecule has 32 nitrogen and oxygen atoms in total. The van der Waals surface area contributed by atoms with Gasteiger partial charge in [-0.25, -0.2) is 0 Å². The van der Waals surface area contributed by atoms with Gasteiger partial charge in [-0.3, -0.25) is 67.3 Å². The molecule has 536 valence electrons. The van der Waals surface area contributed by atoms with Gasteiger partial charge >= 0.3 is 0 Å². The zero-order chi connectivity index (χ0) is 71.7. The number of carbonyl (C=O) groups is 13. The van der Waals surface area contributed by atoms with Crippen molar-refractivity contribution in [2.45, 2.75) is 183 Å². The van der Waals surface area contributed by atoms with Gasteiger partial charge in [-0.05, 0) is 131 Å². The van der Waals surface area contributed by atoms with Gasteiger partial charge in [-0.2, -0.15) is 11.8 Å². The van der Waals surface area contributed by atoms with E-state index in [1.807, 2.05) is 20.1 Å². The number of nitrogens with one attached hydrogen (secondary N) is 8. The molecule has 13 amide bonds. The van der Waals surface area contributed by atoms with E-state index in [1.165, 1.54) is 28.7 Å². The molecule has 0 saturated carbocycles. The van der Waals surface area contributed by atoms with Gasteiger partial charge in [0.15, 0.2) is 5.96 Å². The van der Waals surface area contributed by atoms with Gasteiger partial charge in [0, 0.05) is 45.3 Å². The lowest BCUT2D eigenvalue weighted by atomic mass is 10.0. The van der Waals surface area contributed by atoms with Crippen LogP contribution in [0.25, 0.3) is 0 Å². The molecule has 2 aliphatic rings. The number of guanidine groups is 1. The number of primary amides is 3. The molecule has 10 atom stereocenters. The number of amides is 13. The summed E-state index contributed by atoms with van der Waals surface area (Å²) in [6.45, 7) is 3.83. The minimum atomic E-state index is -1.67. The Kier molecular flexibility index (Phi) is 34.6. The minimum Gasteiger partial charge on any atom is -0.497 e. The van der Waals surface area contributed by atoms with Gasteiger partial charge in [-0.1, -0.05) is 56.3 Å². The summed E-state index contributed by atoms with van der Waals surface area (Å²) in [6, 6.07) is 2.33. The zero-order valence-corrected chi connectivity index (χ0v) is 56.6. The molecule has 2 aromatic rings. The summed E-state index contributed by atoms with van der Waals surface area (Å²) in [4.78, 5) is 185. The van der Waals surface area contributed by atoms with Crippen LogP contribution in [0.15, 0.2) is 59.6 Å². The molecule has 2 heterocycles. The van der Waals surface area contributed by atoms with Crippen LogP contribution in [-0.2, 0) is 75.2 Å². The number of nitrogens with zero attached hydrogens (tertiary/aromatic N) is 3. The van der Waals surface area contributed by atoms with E-state index in [2.05, 4.69) is 47.5 Å². The maximum Gasteiger partial charge on any atom is 0.245 e. The summed E-state index contributed by atoms with van der Waals surface area (Å²) in [5, 5.41) is 21.1. The number of hydrogen-bond acceptors (Lipinski definition) is 18. The number of likely N-dealkylation sites (tertiary alicyclic amines) is 2. The number of methoxy groups -OCH3 is 1. The largest absolute Gasteiger partial charge is 0.497 e. The van der Waals surface area contributed by atoms with Crippen molar-refractivity contribution in [3.05, 3.63) is 65.7 Å². The predicted octanol–water partition coefficient (Wildman–Crippen LogP) is -3.70. The topological polar surface area (TPSA) is 528 Å². The number of ether oxygens (including phenoxy) is 1. The first-order chi connectivity index (χ1) is 46.2. The van der Waals surface area contributed by atoms with Gasteiger partial charge in [0.25, 0.3) is 0 Å². The lowest BCUT2D eigenvalue weighted by molar-refractivity contribution is -0.144. The van der Waals surface area contributed by atoms with E-state index in [-0.39, 0.29) is 83.0 Å². The van der Waals surface area contributed by atoms with Crippen LogP contribution in [0.2, 0.25) is 0 Å². The number of thioether (sulfide) groups is 1. The van der Waals surface area contributed by atoms with Gasteiger partial charge < -0.3 is 97.2 Å². The van der Waals surface area contributed by atoms with Crippen molar-refractivity contribution in [3.8, 4) is 5.75 Å². The smallest absolute Gasteiger partial charge is 0.245 e. The van der Waals surface area contributed by atoms with Gasteiger partial charge in [0.2, 0.25) is 76.8 Å². The number of hydrogen-bond donors (Lipinski definition) is 15. The Bertz CT molecular complexity index is 3030. The summed E-state index contributed by atoms with van der Waals surface area (Å²) in [6.07, 6.45) is 2.95. The predicted molar refractivity (Wildman–Crippen MR) is 362 cm³/mol. The summed E-state index contributed by atoms with van der Waals surface area (Å²) >= 11 is 1.45. The fourth-order valence-electron chi connectivity index (χ4n) is 11.2. The minimum absolute atomic E-state index is 0.0672. The third-order valence-electron chi connectivity index (χ3n) is 16.3. The molecular weight excluding hydrogens is 1280 g/mol. The maximum atomic E-state index is 14.8. The molecule has 0 radical (unpaired) electrons. The highest BCUT2D eigenvalue weighted by Gasteiger charge is 2.42. The molecule has 2 saturated heterocycles. The van der Waals surface area contributed by atoms with Gasteiger partial charge in [0.1, 0.15) is 60.1 Å². The van der Waals surface area contributed by atoms with Crippen molar-refractivity contribution in [3.63, 3.8) is 0 Å². The molecule has 0 aliphatic carbocycles. The van der Waals surface area contributed by atoms with Crippen LogP contribution in [0.5, 0.6) is 5.75 Å². The normalized spacial score (nSPS) is 16.7. The van der Waals surface area contributed by atoms with E-state index in [4.69, 9.17) is 44.9 Å². The Morgan fingerprint density at radius 3 is 1.60 bits per heavy atom. The van der Waals surface area contributed by atoms with Crippen LogP contribution in [-0.4, -0.2) is 205 Å². The average molecular weight is 1380 g/mol. The van der Waals surface area contributed by atoms with Crippen molar-refractivity contribution in [2.75, 3.05) is 51.8 Å². The molecule has 97 heavy (non-hydrogen) atoms. The standard InChI is InChI=1S/C64H100N18O14S/c1-37(2)33-46(58(90)75-42(54(69)86)27-32-97-4)74-53(85)36-73-55(87)47(34-38-13-6-5-7-14-38)79-59(91)48(35-39-19-21-40(96-3)22-20-39)80-57(89)43(23-25-51(67)83)76-56(88)44(24-26-52(68)84)77-60(92)50-18-12-31-82(50)63(95)45(16-8-9-28-65)78-61(93)49-17-11-30-81(49)62(94)41(66)15-10-29-72-64(70)71/h5-7,13-14,19-22,37,41-50H,8-12,15-18,23-36,65-66H2,1-4H3,(H2,67,83)(H2,68,84)(H2,69,86)(H,73,87)(H,74,85)(H,75,90)(H,76,88)(H,77,92)(H,78,93)(H,79,91)(H,80,89)(H4,70,71,72)/t41-,42-,43-,44-,45-,46-,47-,48+,49-,50-/m0/s1. The Hall–Kier alpha value is -9.11. The summed E-state index contributed by atoms with van der Waals surface area (Å²) in [5.41, 5.74) is 40.6. The van der Waals surface area contributed by atoms with E-state index in [1.54, 1.807) is 54.6 Å². The van der Waals surface area contributed by atoms with Crippen LogP contribution in [0.1, 0.15) is 121 Å². The van der Waals surface area contributed by atoms with Crippen molar-refractivity contribution < 1.29 is 67.1 Å². The summed E-state index contributed by atoms with van der Waals surface area (Å²) < 4.78 is 5.32. The van der Waals surface area contributed by atoms with Crippen LogP contribution < -0.4 is 87.4 Å². The molecule has 0 spiro atoms. The van der Waals surface area contributed by atoms with Crippen molar-refractivity contribution >= 4 is 94.5 Å². The lowest BCUT2D eigenvalue weighted by Gasteiger charge is -2.32. The monoisotopic (exact) mass is 1380 g/mol. The third kappa shape index (κ3) is 27.9. The molecule has 2 aromatic carbocycles. The fraction of sp³-hybridized carbons (Fsp3) is 0.594. The number of nitrogens with two attached hydrogens (primary N) is 7. The van der Waals surface area contributed by atoms with Crippen LogP contribution >= 0.6 is 11.8 Å². The van der Waals surface area contributed by atoms with Crippen LogP contribution in [0.3, 0.4) is 0 Å². The van der Waals surface area contributed by atoms with Crippen molar-refractivity contribution in [1.29, 1.82) is 0 Å². The molecular formula is C64H100N18O14S. The number of aliphatic imine (C=N–C) groups is 1. The lowest BCUT2D eigenvalue weighted by Crippen LogP contribution is -2.60. The summed E-state index contributed by atoms with van der Waals surface area (Å²) in [7, 11) is 1.45. The molecule has 2 aliphatic heterocycles. The van der Waals surface area contributed by atoms with E-state index in [0.29, 0.717) is 61.2 Å². The number of carbonyl (C=O) groups excluding carboxylic acids is 13. The molecule has 0 bridgehead atoms. The first-order valence-electron chi connectivity index (χ1n) is 32.7. The number of unbranched alkanes of at least 4 members (excludes halogenated alkanes) is 1. The number of rotatable bonds is 43. The second kappa shape index (κ2) is 41.8. The van der Waals surface area contributed by atoms with Crippen LogP contribution in [0, 0.1) is 5.92 Å². The average Bonchev–Trinajstić information content (AvgIpc) is 1.75. The first-order valence-corrected chi connectivity index (χ1v) is 34.1. The SMILES string of the molecule is COc1ccc(C[C@@H](NC(=O)[C@H](CCC(N)=O)NC(=O)[C@H](CCC(N)=O)NC(=O)[C@@H]2CCCN2C(=O)[C@H](CCCCN)NC(=O)[C@@H]2CCCN2C(=O)[C@@H](N)CCCN=C(N)N)C(=O)N[C@@H](Cc2ccccc2)C(=O)NCC(=O)N[C@@H](CC(C)C)C(=O)N[C@@H](CCSC)C(N)=O)cc1. The molecule has 22 N–H and O–H groups in total. The molecule has 0 unspecified atom stereocenters. The Balaban J connectivity index is 1.59. The van der Waals surface area contributed by atoms with Crippen LogP contribution in [0.4, 0.5) is 0 Å². The van der Waals surface area contributed by atoms with E-state index >= 15 is 0 Å². The maximum absolute atomic E-state index is 14.8. The molecule has 2 fully saturated rings. The fourth-order valence-corrected chi connectivity index (χ4v) is 11.6.